The van der Waals surface area contributed by atoms with Crippen LogP contribution in [0.1, 0.15) is 34.0 Å². The summed E-state index contributed by atoms with van der Waals surface area (Å²) in [6.45, 7) is 2.87. The summed E-state index contributed by atoms with van der Waals surface area (Å²) >= 11 is 0. The van der Waals surface area contributed by atoms with Gasteiger partial charge in [0, 0.05) is 49.9 Å². The van der Waals surface area contributed by atoms with Crippen LogP contribution in [0.5, 0.6) is 5.75 Å². The summed E-state index contributed by atoms with van der Waals surface area (Å²) in [6, 6.07) is 11.3. The Morgan fingerprint density at radius 3 is 2.97 bits per heavy atom. The molecule has 2 aliphatic heterocycles. The molecule has 0 saturated carbocycles. The largest absolute Gasteiger partial charge is 0.494 e. The Balaban J connectivity index is 1.45. The van der Waals surface area contributed by atoms with Crippen LogP contribution in [0.15, 0.2) is 47.4 Å². The second kappa shape index (κ2) is 7.81. The normalized spacial score (nSPS) is 19.7. The van der Waals surface area contributed by atoms with Crippen LogP contribution in [0.4, 0.5) is 0 Å². The molecule has 0 unspecified atom stereocenters. The fraction of sp³-hybridized carbons (Fsp3) is 0.375. The number of hydrogen-bond donors (Lipinski definition) is 1. The molecule has 3 aromatic rings. The lowest BCUT2D eigenvalue weighted by Gasteiger charge is -2.37. The van der Waals surface area contributed by atoms with Crippen LogP contribution in [-0.2, 0) is 13.1 Å². The maximum absolute atomic E-state index is 13.2. The Hall–Kier alpha value is -3.19. The van der Waals surface area contributed by atoms with Gasteiger partial charge in [-0.1, -0.05) is 12.1 Å². The van der Waals surface area contributed by atoms with Gasteiger partial charge < -0.3 is 19.5 Å². The minimum atomic E-state index is -0.262. The number of amides is 1. The number of aromatic nitrogens is 2. The smallest absolute Gasteiger partial charge is 0.263 e. The van der Waals surface area contributed by atoms with Crippen molar-refractivity contribution in [2.75, 3.05) is 27.2 Å². The predicted molar refractivity (Wildman–Crippen MR) is 119 cm³/mol. The van der Waals surface area contributed by atoms with E-state index in [1.807, 2.05) is 34.9 Å². The van der Waals surface area contributed by atoms with Crippen LogP contribution < -0.4 is 15.6 Å². The second-order valence-corrected chi connectivity index (χ2v) is 8.53. The molecule has 0 radical (unpaired) electrons. The summed E-state index contributed by atoms with van der Waals surface area (Å²) in [7, 11) is 3.35. The molecule has 1 N–H and O–H groups in total. The lowest BCUT2D eigenvalue weighted by atomic mass is 9.84. The van der Waals surface area contributed by atoms with Gasteiger partial charge in [0.25, 0.3) is 11.5 Å². The molecule has 160 valence electrons. The Morgan fingerprint density at radius 2 is 2.13 bits per heavy atom. The third kappa shape index (κ3) is 3.39. The van der Waals surface area contributed by atoms with E-state index < -0.39 is 0 Å². The topological polar surface area (TPSA) is 76.5 Å². The zero-order chi connectivity index (χ0) is 21.5. The number of hydrogen-bond acceptors (Lipinski definition) is 5. The van der Waals surface area contributed by atoms with Gasteiger partial charge in [0.1, 0.15) is 16.8 Å². The number of ether oxygens (including phenoxy) is 1. The quantitative estimate of drug-likeness (QED) is 0.704. The fourth-order valence-corrected chi connectivity index (χ4v) is 4.99. The van der Waals surface area contributed by atoms with Gasteiger partial charge >= 0.3 is 0 Å². The first-order valence-electron chi connectivity index (χ1n) is 10.7. The molecular weight excluding hydrogens is 392 g/mol. The van der Waals surface area contributed by atoms with Gasteiger partial charge in [-0.25, -0.2) is 0 Å². The molecule has 5 rings (SSSR count). The monoisotopic (exact) mass is 418 g/mol. The van der Waals surface area contributed by atoms with Crippen LogP contribution in [0, 0.1) is 5.92 Å². The van der Waals surface area contributed by atoms with Crippen molar-refractivity contribution in [3.05, 3.63) is 69.8 Å². The average molecular weight is 418 g/mol. The molecule has 2 aliphatic rings. The van der Waals surface area contributed by atoms with E-state index in [4.69, 9.17) is 4.74 Å². The first kappa shape index (κ1) is 19.8. The number of benzene rings is 1. The van der Waals surface area contributed by atoms with Gasteiger partial charge in [0.2, 0.25) is 0 Å². The summed E-state index contributed by atoms with van der Waals surface area (Å²) < 4.78 is 7.24. The highest BCUT2D eigenvalue weighted by molar-refractivity contribution is 5.94. The number of piperidine rings is 1. The molecule has 1 fully saturated rings. The lowest BCUT2D eigenvalue weighted by molar-refractivity contribution is 0.0782. The molecular formula is C24H26N4O3. The van der Waals surface area contributed by atoms with Gasteiger partial charge in [-0.05, 0) is 48.7 Å². The number of rotatable bonds is 4. The van der Waals surface area contributed by atoms with Gasteiger partial charge in [0.15, 0.2) is 0 Å². The summed E-state index contributed by atoms with van der Waals surface area (Å²) in [5.74, 6) is 1.23. The minimum Gasteiger partial charge on any atom is -0.494 e. The van der Waals surface area contributed by atoms with Gasteiger partial charge in [-0.2, -0.15) is 0 Å². The Bertz CT molecular complexity index is 1220. The minimum absolute atomic E-state index is 0.174. The number of nitrogens with one attached hydrogen (secondary N) is 1. The Kier molecular flexibility index (Phi) is 4.98. The number of fused-ring (bicyclic) bond motifs is 5. The Labute approximate surface area is 180 Å². The van der Waals surface area contributed by atoms with E-state index in [0.717, 1.165) is 41.7 Å². The highest BCUT2D eigenvalue weighted by Crippen LogP contribution is 2.32. The molecule has 2 atom stereocenters. The van der Waals surface area contributed by atoms with Crippen molar-refractivity contribution >= 4 is 16.8 Å². The van der Waals surface area contributed by atoms with Crippen molar-refractivity contribution in [3.8, 4) is 5.75 Å². The molecule has 0 spiro atoms. The van der Waals surface area contributed by atoms with Crippen molar-refractivity contribution in [1.82, 2.24) is 19.8 Å². The summed E-state index contributed by atoms with van der Waals surface area (Å²) in [5.41, 5.74) is 2.82. The maximum Gasteiger partial charge on any atom is 0.263 e. The fourth-order valence-electron chi connectivity index (χ4n) is 4.99. The molecule has 7 nitrogen and oxygen atoms in total. The van der Waals surface area contributed by atoms with Crippen LogP contribution >= 0.6 is 0 Å². The van der Waals surface area contributed by atoms with Crippen molar-refractivity contribution in [2.24, 2.45) is 5.92 Å². The molecule has 31 heavy (non-hydrogen) atoms. The zero-order valence-electron chi connectivity index (χ0n) is 17.8. The van der Waals surface area contributed by atoms with E-state index in [0.29, 0.717) is 30.7 Å². The van der Waals surface area contributed by atoms with Gasteiger partial charge in [0.05, 0.1) is 7.11 Å². The first-order chi connectivity index (χ1) is 15.1. The predicted octanol–water partition coefficient (Wildman–Crippen LogP) is 2.38. The highest BCUT2D eigenvalue weighted by Gasteiger charge is 2.32. The summed E-state index contributed by atoms with van der Waals surface area (Å²) in [4.78, 5) is 32.5. The van der Waals surface area contributed by atoms with Crippen molar-refractivity contribution in [3.63, 3.8) is 0 Å². The van der Waals surface area contributed by atoms with E-state index in [9.17, 15) is 9.59 Å². The van der Waals surface area contributed by atoms with Crippen LogP contribution in [0.3, 0.4) is 0 Å². The Morgan fingerprint density at radius 1 is 1.26 bits per heavy atom. The molecule has 1 aromatic carbocycles. The second-order valence-electron chi connectivity index (χ2n) is 8.53. The van der Waals surface area contributed by atoms with Crippen molar-refractivity contribution in [2.45, 2.75) is 25.4 Å². The third-order valence-electron chi connectivity index (χ3n) is 6.54. The third-order valence-corrected chi connectivity index (χ3v) is 6.54. The molecule has 1 saturated heterocycles. The standard InChI is InChI=1S/C24H26N4O3/c1-27(14-16-5-8-21(31-2)22-18(16)4-3-9-26-22)23(29)19-6-7-20-17-10-15(11-25-12-17)13-28(20)24(19)30/h3-9,15,17,25H,10-14H2,1-2H3/t15-,17+/m0/s1. The molecule has 0 aliphatic carbocycles. The van der Waals surface area contributed by atoms with Crippen LogP contribution in [0.2, 0.25) is 0 Å². The number of methoxy groups -OCH3 is 1. The van der Waals surface area contributed by atoms with Gasteiger partial charge in [-0.3, -0.25) is 14.6 Å². The number of carbonyl (C=O) groups is 1. The number of pyridine rings is 2. The molecule has 2 aromatic heterocycles. The van der Waals surface area contributed by atoms with E-state index in [-0.39, 0.29) is 17.0 Å². The van der Waals surface area contributed by atoms with E-state index in [1.54, 1.807) is 31.3 Å². The summed E-state index contributed by atoms with van der Waals surface area (Å²) in [6.07, 6.45) is 2.83. The van der Waals surface area contributed by atoms with Crippen molar-refractivity contribution in [1.29, 1.82) is 0 Å². The number of carbonyl (C=O) groups excluding carboxylic acids is 1. The summed E-state index contributed by atoms with van der Waals surface area (Å²) in [5, 5.41) is 4.38. The van der Waals surface area contributed by atoms with E-state index in [2.05, 4.69) is 10.3 Å². The van der Waals surface area contributed by atoms with Crippen LogP contribution in [0.25, 0.3) is 10.9 Å². The SMILES string of the molecule is COc1ccc(CN(C)C(=O)c2ccc3n(c2=O)C[C@@H]2CNC[C@H]3C2)c2cccnc12. The van der Waals surface area contributed by atoms with E-state index >= 15 is 0 Å². The van der Waals surface area contributed by atoms with E-state index in [1.165, 1.54) is 0 Å². The van der Waals surface area contributed by atoms with Gasteiger partial charge in [-0.15, -0.1) is 0 Å². The molecule has 1 amide bonds. The zero-order valence-corrected chi connectivity index (χ0v) is 17.8. The average Bonchev–Trinajstić information content (AvgIpc) is 2.80. The van der Waals surface area contributed by atoms with Crippen LogP contribution in [-0.4, -0.2) is 47.6 Å². The first-order valence-corrected chi connectivity index (χ1v) is 10.7. The van der Waals surface area contributed by atoms with Crippen molar-refractivity contribution < 1.29 is 9.53 Å². The molecule has 2 bridgehead atoms. The molecule has 4 heterocycles. The highest BCUT2D eigenvalue weighted by atomic mass is 16.5. The maximum atomic E-state index is 13.2. The molecule has 7 heteroatoms. The lowest BCUT2D eigenvalue weighted by Crippen LogP contribution is -2.46. The number of nitrogens with zero attached hydrogens (tertiary/aromatic N) is 3.